The predicted molar refractivity (Wildman–Crippen MR) is 297 cm³/mol. The monoisotopic (exact) mass is 880 g/mol. The molecule has 11 aromatic carbocycles. The van der Waals surface area contributed by atoms with Gasteiger partial charge in [0.1, 0.15) is 0 Å². The van der Waals surface area contributed by atoms with Gasteiger partial charge in [-0.05, 0) is 119 Å². The van der Waals surface area contributed by atoms with Gasteiger partial charge in [-0.3, -0.25) is 0 Å². The first kappa shape index (κ1) is 37.2. The van der Waals surface area contributed by atoms with Crippen molar-refractivity contribution in [2.24, 2.45) is 0 Å². The highest BCUT2D eigenvalue weighted by molar-refractivity contribution is 7.04. The number of hydrogen-bond donors (Lipinski definition) is 0. The van der Waals surface area contributed by atoms with E-state index in [9.17, 15) is 0 Å². The molecule has 70 heavy (non-hydrogen) atoms. The summed E-state index contributed by atoms with van der Waals surface area (Å²) in [6, 6.07) is 87.3. The molecule has 2 nitrogen and oxygen atoms in total. The van der Waals surface area contributed by atoms with Gasteiger partial charge in [0.25, 0.3) is 0 Å². The number of nitrogens with zero attached hydrogens (tertiary/aromatic N) is 2. The van der Waals surface area contributed by atoms with Gasteiger partial charge in [0.2, 0.25) is 13.4 Å². The fourth-order valence-electron chi connectivity index (χ4n) is 13.8. The third-order valence-electron chi connectivity index (χ3n) is 16.5. The third kappa shape index (κ3) is 4.66. The molecule has 0 amide bonds. The van der Waals surface area contributed by atoms with Crippen LogP contribution in [-0.2, 0) is 0 Å². The molecule has 4 aliphatic heterocycles. The van der Waals surface area contributed by atoms with Crippen molar-refractivity contribution in [2.45, 2.75) is 0 Å². The molecule has 318 valence electrons. The van der Waals surface area contributed by atoms with Crippen LogP contribution in [-0.4, -0.2) is 22.6 Å². The summed E-state index contributed by atoms with van der Waals surface area (Å²) >= 11 is 0. The highest BCUT2D eigenvalue weighted by Crippen LogP contribution is 2.47. The van der Waals surface area contributed by atoms with Gasteiger partial charge in [0, 0.05) is 44.0 Å². The van der Waals surface area contributed by atoms with Crippen LogP contribution in [0.25, 0.3) is 122 Å². The smallest absolute Gasteiger partial charge is 0.248 e. The first-order valence-electron chi connectivity index (χ1n) is 24.7. The van der Waals surface area contributed by atoms with Gasteiger partial charge in [-0.25, -0.2) is 0 Å². The van der Waals surface area contributed by atoms with Crippen molar-refractivity contribution in [3.05, 3.63) is 231 Å². The van der Waals surface area contributed by atoms with E-state index >= 15 is 0 Å². The van der Waals surface area contributed by atoms with Crippen LogP contribution in [0.2, 0.25) is 0 Å². The lowest BCUT2D eigenvalue weighted by Gasteiger charge is -2.31. The predicted octanol–water partition coefficient (Wildman–Crippen LogP) is 12.2. The Labute approximate surface area is 405 Å². The van der Waals surface area contributed by atoms with Gasteiger partial charge in [-0.2, -0.15) is 0 Å². The van der Waals surface area contributed by atoms with Crippen LogP contribution in [0, 0.1) is 0 Å². The zero-order valence-corrected chi connectivity index (χ0v) is 38.0. The zero-order valence-electron chi connectivity index (χ0n) is 38.0. The van der Waals surface area contributed by atoms with Crippen molar-refractivity contribution < 1.29 is 0 Å². The Kier molecular flexibility index (Phi) is 7.13. The molecule has 0 spiro atoms. The molecule has 0 N–H and O–H groups in total. The van der Waals surface area contributed by atoms with Crippen LogP contribution in [0.3, 0.4) is 0 Å². The molecule has 0 saturated carbocycles. The summed E-state index contributed by atoms with van der Waals surface area (Å²) in [5.74, 6) is 0. The summed E-state index contributed by atoms with van der Waals surface area (Å²) in [4.78, 5) is 0. The van der Waals surface area contributed by atoms with Crippen LogP contribution < -0.4 is 32.8 Å². The van der Waals surface area contributed by atoms with Crippen molar-refractivity contribution in [1.82, 2.24) is 9.13 Å². The highest BCUT2D eigenvalue weighted by Gasteiger charge is 2.46. The van der Waals surface area contributed by atoms with Crippen molar-refractivity contribution in [3.8, 4) is 78.1 Å². The highest BCUT2D eigenvalue weighted by atomic mass is 15.0. The SMILES string of the molecule is c1ccc(-c2cc(-c3ccccc3)c3c4ccc5c6c4n(c3c2)-c2cc3c(cc2B6c2ccccc2-5)B2c4ccccc4-c4ccc5c6c(-c7ccccc7)cc(-c7ccccc7)cc6n-3c5c42)cc1. The van der Waals surface area contributed by atoms with E-state index in [2.05, 4.69) is 240 Å². The van der Waals surface area contributed by atoms with Crippen molar-refractivity contribution in [1.29, 1.82) is 0 Å². The lowest BCUT2D eigenvalue weighted by atomic mass is 9.34. The topological polar surface area (TPSA) is 9.86 Å². The van der Waals surface area contributed by atoms with Gasteiger partial charge < -0.3 is 9.13 Å². The van der Waals surface area contributed by atoms with E-state index in [4.69, 9.17) is 0 Å². The maximum absolute atomic E-state index is 2.68. The fraction of sp³-hybridized carbons (Fsp3) is 0. The molecule has 0 saturated heterocycles. The molecule has 0 bridgehead atoms. The Morgan fingerprint density at radius 2 is 0.643 bits per heavy atom. The summed E-state index contributed by atoms with van der Waals surface area (Å²) in [5, 5.41) is 5.22. The average Bonchev–Trinajstić information content (AvgIpc) is 4.17. The lowest BCUT2D eigenvalue weighted by molar-refractivity contribution is 1.15. The molecule has 2 aromatic heterocycles. The average molecular weight is 881 g/mol. The maximum atomic E-state index is 2.68. The Morgan fingerprint density at radius 1 is 0.257 bits per heavy atom. The van der Waals surface area contributed by atoms with E-state index in [0.29, 0.717) is 0 Å². The van der Waals surface area contributed by atoms with Gasteiger partial charge in [0.15, 0.2) is 0 Å². The van der Waals surface area contributed by atoms with E-state index in [-0.39, 0.29) is 13.4 Å². The number of hydrogen-bond acceptors (Lipinski definition) is 0. The fourth-order valence-corrected chi connectivity index (χ4v) is 13.8. The number of fused-ring (bicyclic) bond motifs is 18. The molecule has 13 aromatic rings. The first-order chi connectivity index (χ1) is 34.8. The van der Waals surface area contributed by atoms with E-state index in [1.807, 2.05) is 0 Å². The van der Waals surface area contributed by atoms with Gasteiger partial charge in [0.05, 0.1) is 11.0 Å². The second-order valence-electron chi connectivity index (χ2n) is 19.8. The molecule has 17 rings (SSSR count). The van der Waals surface area contributed by atoms with Crippen LogP contribution in [0.5, 0.6) is 0 Å². The second-order valence-corrected chi connectivity index (χ2v) is 19.8. The molecule has 0 radical (unpaired) electrons. The zero-order chi connectivity index (χ0) is 45.3. The van der Waals surface area contributed by atoms with Gasteiger partial charge >= 0.3 is 0 Å². The van der Waals surface area contributed by atoms with Crippen LogP contribution in [0.4, 0.5) is 0 Å². The van der Waals surface area contributed by atoms with Crippen molar-refractivity contribution in [2.75, 3.05) is 0 Å². The van der Waals surface area contributed by atoms with E-state index in [0.717, 1.165) is 0 Å². The minimum absolute atomic E-state index is 0.0878. The number of aromatic nitrogens is 2. The summed E-state index contributed by atoms with van der Waals surface area (Å²) in [7, 11) is 0. The number of rotatable bonds is 4. The molecular weight excluding hydrogens is 842 g/mol. The summed E-state index contributed by atoms with van der Waals surface area (Å²) in [6.07, 6.45) is 0. The molecule has 0 fully saturated rings. The van der Waals surface area contributed by atoms with E-state index < -0.39 is 0 Å². The maximum Gasteiger partial charge on any atom is 0.248 e. The normalized spacial score (nSPS) is 13.1. The molecule has 6 heterocycles. The Morgan fingerprint density at radius 3 is 1.07 bits per heavy atom. The quantitative estimate of drug-likeness (QED) is 0.156. The molecule has 0 unspecified atom stereocenters. The molecular formula is C66H38B2N2. The molecule has 0 atom stereocenters. The van der Waals surface area contributed by atoms with E-state index in [1.165, 1.54) is 155 Å². The van der Waals surface area contributed by atoms with Crippen molar-refractivity contribution in [3.63, 3.8) is 0 Å². The van der Waals surface area contributed by atoms with Crippen LogP contribution >= 0.6 is 0 Å². The van der Waals surface area contributed by atoms with Crippen LogP contribution in [0.1, 0.15) is 0 Å². The molecule has 4 aliphatic rings. The standard InChI is InChI=1S/C66H38B2N2/c1-5-17-39(18-6-1)43-33-51(41-21-9-3-10-22-41)61-49-31-29-47-45-25-13-15-27-53(45)67-55-37-56-58(38-57(55)69(59(61)35-43)65(49)63(47)67)70-60-36-44(40-19-7-2-8-20-40)34-52(42-23-11-4-12-24-42)62(60)50-32-30-48-46-26-14-16-28-54(46)68(56)64(48)66(50)70/h1-38H. The Hall–Kier alpha value is -8.85. The third-order valence-corrected chi connectivity index (χ3v) is 16.5. The summed E-state index contributed by atoms with van der Waals surface area (Å²) in [5.41, 5.74) is 31.3. The lowest BCUT2D eigenvalue weighted by Crippen LogP contribution is -2.58. The second kappa shape index (κ2) is 13.4. The molecule has 4 heteroatoms. The minimum Gasteiger partial charge on any atom is -0.310 e. The van der Waals surface area contributed by atoms with Gasteiger partial charge in [-0.1, -0.05) is 211 Å². The summed E-state index contributed by atoms with van der Waals surface area (Å²) < 4.78 is 5.37. The van der Waals surface area contributed by atoms with E-state index in [1.54, 1.807) is 0 Å². The minimum atomic E-state index is 0.0878. The Bertz CT molecular complexity index is 4170. The summed E-state index contributed by atoms with van der Waals surface area (Å²) in [6.45, 7) is 0.176. The van der Waals surface area contributed by atoms with Crippen LogP contribution in [0.15, 0.2) is 231 Å². The largest absolute Gasteiger partial charge is 0.310 e. The Balaban J connectivity index is 1.06. The van der Waals surface area contributed by atoms with Gasteiger partial charge in [-0.15, -0.1) is 0 Å². The number of benzene rings is 11. The van der Waals surface area contributed by atoms with Crippen molar-refractivity contribution >= 4 is 89.8 Å². The molecule has 0 aliphatic carbocycles. The first-order valence-corrected chi connectivity index (χ1v) is 24.7.